The van der Waals surface area contributed by atoms with E-state index in [1.165, 1.54) is 19.3 Å². The van der Waals surface area contributed by atoms with E-state index in [1.807, 2.05) is 11.2 Å². The summed E-state index contributed by atoms with van der Waals surface area (Å²) in [5.41, 5.74) is 0.768. The van der Waals surface area contributed by atoms with Gasteiger partial charge in [0.1, 0.15) is 0 Å². The first-order valence-electron chi connectivity index (χ1n) is 6.98. The van der Waals surface area contributed by atoms with Crippen LogP contribution in [0.25, 0.3) is 0 Å². The highest BCUT2D eigenvalue weighted by Crippen LogP contribution is 2.71. The Morgan fingerprint density at radius 3 is 2.94 bits per heavy atom. The van der Waals surface area contributed by atoms with Gasteiger partial charge >= 0.3 is 5.91 Å². The highest BCUT2D eigenvalue weighted by Gasteiger charge is 2.68. The van der Waals surface area contributed by atoms with Crippen molar-refractivity contribution in [1.29, 1.82) is 0 Å². The van der Waals surface area contributed by atoms with E-state index >= 15 is 0 Å². The molecule has 2 aliphatic carbocycles. The second kappa shape index (κ2) is 3.93. The fourth-order valence-electron chi connectivity index (χ4n) is 4.39. The van der Waals surface area contributed by atoms with E-state index < -0.39 is 0 Å². The van der Waals surface area contributed by atoms with Crippen LogP contribution in [0, 0.1) is 28.6 Å². The zero-order valence-corrected chi connectivity index (χ0v) is 12.3. The van der Waals surface area contributed by atoms with E-state index in [0.29, 0.717) is 16.9 Å². The summed E-state index contributed by atoms with van der Waals surface area (Å²) in [5.74, 6) is 7.65. The second-order valence-corrected chi connectivity index (χ2v) is 7.36. The lowest BCUT2D eigenvalue weighted by Gasteiger charge is -2.37. The molecule has 0 aromatic rings. The van der Waals surface area contributed by atoms with Gasteiger partial charge in [-0.3, -0.25) is 9.10 Å². The third-order valence-corrected chi connectivity index (χ3v) is 7.05. The zero-order valence-electron chi connectivity index (χ0n) is 11.5. The van der Waals surface area contributed by atoms with Crippen LogP contribution in [-0.2, 0) is 4.79 Å². The van der Waals surface area contributed by atoms with Crippen molar-refractivity contribution in [3.8, 4) is 11.8 Å². The second-order valence-electron chi connectivity index (χ2n) is 6.42. The number of carbonyl (C=O) groups excluding carboxylic acids is 1. The maximum Gasteiger partial charge on any atom is 0.308 e. The van der Waals surface area contributed by atoms with Crippen LogP contribution < -0.4 is 0 Å². The number of hydrogen-bond acceptors (Lipinski definition) is 2. The molecule has 18 heavy (non-hydrogen) atoms. The van der Waals surface area contributed by atoms with Gasteiger partial charge in [0.2, 0.25) is 0 Å². The fraction of sp³-hybridized carbons (Fsp3) is 0.800. The van der Waals surface area contributed by atoms with Crippen molar-refractivity contribution in [2.75, 3.05) is 5.75 Å². The molecule has 0 aromatic carbocycles. The predicted octanol–water partition coefficient (Wildman–Crippen LogP) is 3.09. The molecule has 1 amide bonds. The lowest BCUT2D eigenvalue weighted by molar-refractivity contribution is -0.122. The Bertz CT molecular complexity index is 447. The molecule has 3 heteroatoms. The summed E-state index contributed by atoms with van der Waals surface area (Å²) in [7, 11) is 0. The van der Waals surface area contributed by atoms with Gasteiger partial charge in [-0.2, -0.15) is 0 Å². The normalized spacial score (nSPS) is 39.4. The molecule has 3 fully saturated rings. The Morgan fingerprint density at radius 2 is 2.28 bits per heavy atom. The van der Waals surface area contributed by atoms with Crippen molar-refractivity contribution in [2.45, 2.75) is 52.5 Å². The van der Waals surface area contributed by atoms with E-state index in [0.717, 1.165) is 18.1 Å². The van der Waals surface area contributed by atoms with Crippen LogP contribution in [0.1, 0.15) is 46.5 Å². The number of carbonyl (C=O) groups is 1. The zero-order chi connectivity index (χ0) is 13.0. The average molecular weight is 263 g/mol. The molecule has 3 atom stereocenters. The van der Waals surface area contributed by atoms with Gasteiger partial charge in [0, 0.05) is 17.6 Å². The molecule has 3 rings (SSSR count). The SMILES string of the molecule is CCC#CC(=O)N1SC[C@@]23CCC(C[C@H]12)C3(C)C. The molecule has 2 bridgehead atoms. The van der Waals surface area contributed by atoms with Crippen molar-refractivity contribution >= 4 is 17.9 Å². The highest BCUT2D eigenvalue weighted by atomic mass is 32.2. The van der Waals surface area contributed by atoms with Crippen LogP contribution in [0.5, 0.6) is 0 Å². The van der Waals surface area contributed by atoms with E-state index in [-0.39, 0.29) is 5.91 Å². The van der Waals surface area contributed by atoms with E-state index in [4.69, 9.17) is 0 Å². The fourth-order valence-corrected chi connectivity index (χ4v) is 6.10. The van der Waals surface area contributed by atoms with Gasteiger partial charge < -0.3 is 0 Å². The lowest BCUT2D eigenvalue weighted by Crippen LogP contribution is -2.42. The maximum atomic E-state index is 12.2. The Kier molecular flexibility index (Phi) is 2.71. The van der Waals surface area contributed by atoms with Gasteiger partial charge in [-0.1, -0.05) is 26.7 Å². The maximum absolute atomic E-state index is 12.2. The molecular formula is C15H21NOS. The monoisotopic (exact) mass is 263 g/mol. The van der Waals surface area contributed by atoms with E-state index in [1.54, 1.807) is 11.9 Å². The molecule has 0 N–H and O–H groups in total. The first-order chi connectivity index (χ1) is 8.53. The van der Waals surface area contributed by atoms with Gasteiger partial charge in [-0.15, -0.1) is 0 Å². The van der Waals surface area contributed by atoms with Crippen molar-refractivity contribution in [3.63, 3.8) is 0 Å². The molecule has 1 heterocycles. The van der Waals surface area contributed by atoms with Crippen molar-refractivity contribution in [1.82, 2.24) is 4.31 Å². The molecule has 3 aliphatic rings. The number of fused-ring (bicyclic) bond motifs is 1. The van der Waals surface area contributed by atoms with Crippen molar-refractivity contribution in [3.05, 3.63) is 0 Å². The van der Waals surface area contributed by atoms with Gasteiger partial charge in [0.25, 0.3) is 0 Å². The number of amides is 1. The summed E-state index contributed by atoms with van der Waals surface area (Å²) < 4.78 is 2.00. The van der Waals surface area contributed by atoms with Gasteiger partial charge in [-0.25, -0.2) is 0 Å². The molecule has 98 valence electrons. The number of rotatable bonds is 0. The first kappa shape index (κ1) is 12.4. The van der Waals surface area contributed by atoms with Crippen molar-refractivity contribution in [2.24, 2.45) is 16.7 Å². The molecule has 2 nitrogen and oxygen atoms in total. The number of nitrogens with zero attached hydrogens (tertiary/aromatic N) is 1. The minimum Gasteiger partial charge on any atom is -0.272 e. The van der Waals surface area contributed by atoms with Crippen LogP contribution in [0.3, 0.4) is 0 Å². The van der Waals surface area contributed by atoms with Gasteiger partial charge in [0.15, 0.2) is 0 Å². The molecule has 1 saturated heterocycles. The Morgan fingerprint density at radius 1 is 1.50 bits per heavy atom. The standard InChI is InChI=1S/C15H21NOS/c1-4-5-6-13(17)16-12-9-11-7-8-15(12,10-18-16)14(11,2)3/h11-12H,4,7-10H2,1-3H3/t11?,12-,15-/m0/s1. The lowest BCUT2D eigenvalue weighted by atomic mass is 9.69. The van der Waals surface area contributed by atoms with Crippen LogP contribution in [0.15, 0.2) is 0 Å². The molecule has 1 spiro atoms. The molecular weight excluding hydrogens is 242 g/mol. The summed E-state index contributed by atoms with van der Waals surface area (Å²) in [4.78, 5) is 12.2. The Balaban J connectivity index is 1.87. The average Bonchev–Trinajstić information content (AvgIpc) is 2.92. The third-order valence-electron chi connectivity index (χ3n) is 5.70. The minimum absolute atomic E-state index is 0.0343. The highest BCUT2D eigenvalue weighted by molar-refractivity contribution is 7.97. The molecule has 1 unspecified atom stereocenters. The molecule has 0 radical (unpaired) electrons. The van der Waals surface area contributed by atoms with Crippen LogP contribution in [-0.4, -0.2) is 22.0 Å². The largest absolute Gasteiger partial charge is 0.308 e. The smallest absolute Gasteiger partial charge is 0.272 e. The minimum atomic E-state index is 0.0343. The van der Waals surface area contributed by atoms with E-state index in [2.05, 4.69) is 25.7 Å². The summed E-state index contributed by atoms with van der Waals surface area (Å²) in [6, 6.07) is 0.440. The topological polar surface area (TPSA) is 20.3 Å². The summed E-state index contributed by atoms with van der Waals surface area (Å²) in [5, 5.41) is 0. The summed E-state index contributed by atoms with van der Waals surface area (Å²) in [6.07, 6.45) is 4.60. The van der Waals surface area contributed by atoms with Gasteiger partial charge in [0.05, 0.1) is 6.04 Å². The first-order valence-corrected chi connectivity index (χ1v) is 7.92. The molecule has 2 saturated carbocycles. The third kappa shape index (κ3) is 1.36. The Hall–Kier alpha value is -0.620. The Labute approximate surface area is 114 Å². The molecule has 1 aliphatic heterocycles. The van der Waals surface area contributed by atoms with Gasteiger partial charge in [-0.05, 0) is 48.5 Å². The van der Waals surface area contributed by atoms with Crippen LogP contribution in [0.4, 0.5) is 0 Å². The van der Waals surface area contributed by atoms with Crippen LogP contribution >= 0.6 is 11.9 Å². The predicted molar refractivity (Wildman–Crippen MR) is 74.7 cm³/mol. The van der Waals surface area contributed by atoms with Crippen LogP contribution in [0.2, 0.25) is 0 Å². The number of hydrogen-bond donors (Lipinski definition) is 0. The summed E-state index contributed by atoms with van der Waals surface area (Å²) in [6.45, 7) is 6.81. The van der Waals surface area contributed by atoms with Crippen molar-refractivity contribution < 1.29 is 4.79 Å². The summed E-state index contributed by atoms with van der Waals surface area (Å²) >= 11 is 1.73. The molecule has 0 aromatic heterocycles. The van der Waals surface area contributed by atoms with E-state index in [9.17, 15) is 4.79 Å². The quantitative estimate of drug-likeness (QED) is 0.494.